The van der Waals surface area contributed by atoms with Crippen LogP contribution >= 0.6 is 11.6 Å². The molecule has 2 N–H and O–H groups in total. The molecule has 1 aliphatic heterocycles. The van der Waals surface area contributed by atoms with Gasteiger partial charge in [-0.3, -0.25) is 0 Å². The summed E-state index contributed by atoms with van der Waals surface area (Å²) in [5.41, 5.74) is 0.256. The van der Waals surface area contributed by atoms with E-state index in [-0.39, 0.29) is 16.7 Å². The van der Waals surface area contributed by atoms with Gasteiger partial charge in [0.2, 0.25) is 0 Å². The van der Waals surface area contributed by atoms with Crippen LogP contribution < -0.4 is 0 Å². The van der Waals surface area contributed by atoms with E-state index in [0.29, 0.717) is 13.0 Å². The minimum atomic E-state index is -1.23. The fourth-order valence-electron chi connectivity index (χ4n) is 8.41. The maximum atomic E-state index is 13.2. The van der Waals surface area contributed by atoms with Crippen LogP contribution in [-0.2, 0) is 21.2 Å². The Balaban J connectivity index is 1.90. The third-order valence-corrected chi connectivity index (χ3v) is 10.7. The van der Waals surface area contributed by atoms with Gasteiger partial charge in [-0.1, -0.05) is 52.8 Å². The Bertz CT molecular complexity index is 1160. The van der Waals surface area contributed by atoms with Gasteiger partial charge < -0.3 is 20.1 Å². The minimum Gasteiger partial charge on any atom is -0.654 e. The Labute approximate surface area is 189 Å². The molecule has 31 heavy (non-hydrogen) atoms. The zero-order valence-corrected chi connectivity index (χ0v) is 20.0. The first-order valence-corrected chi connectivity index (χ1v) is 11.8. The van der Waals surface area contributed by atoms with Crippen LogP contribution in [-0.4, -0.2) is 40.3 Å². The Morgan fingerprint density at radius 3 is 2.52 bits per heavy atom. The Morgan fingerprint density at radius 2 is 1.94 bits per heavy atom. The molecular formula is C26H32ClN2O2-. The monoisotopic (exact) mass is 439 g/mol. The molecule has 1 spiro atoms. The Hall–Kier alpha value is -1.33. The number of H-pyrrole nitrogens is 1. The number of hydrogen-bond acceptors (Lipinski definition) is 2. The summed E-state index contributed by atoms with van der Waals surface area (Å²) in [6.07, 6.45) is 2.62. The number of fused-ring (bicyclic) bond motifs is 1. The number of alkyl halides is 1. The summed E-state index contributed by atoms with van der Waals surface area (Å²) in [6, 6.07) is 6.46. The molecule has 1 saturated carbocycles. The maximum absolute atomic E-state index is 13.2. The van der Waals surface area contributed by atoms with Crippen molar-refractivity contribution in [3.63, 3.8) is 0 Å². The summed E-state index contributed by atoms with van der Waals surface area (Å²) < 4.78 is 6.44. The van der Waals surface area contributed by atoms with Crippen LogP contribution in [0.2, 0.25) is 0 Å². The minimum absolute atomic E-state index is 0.107. The van der Waals surface area contributed by atoms with E-state index in [1.807, 2.05) is 13.1 Å². The molecule has 2 aromatic rings. The second-order valence-corrected chi connectivity index (χ2v) is 12.0. The van der Waals surface area contributed by atoms with Gasteiger partial charge in [0.05, 0.1) is 17.8 Å². The number of nitrogens with one attached hydrogen (secondary N) is 1. The van der Waals surface area contributed by atoms with Crippen molar-refractivity contribution >= 4 is 22.5 Å². The van der Waals surface area contributed by atoms with Gasteiger partial charge in [-0.05, 0) is 34.4 Å². The lowest BCUT2D eigenvalue weighted by atomic mass is 9.36. The van der Waals surface area contributed by atoms with E-state index in [1.54, 1.807) is 0 Å². The molecule has 4 nitrogen and oxygen atoms in total. The topological polar surface area (TPSA) is 62.6 Å². The highest BCUT2D eigenvalue weighted by Gasteiger charge is 2.83. The van der Waals surface area contributed by atoms with Crippen LogP contribution in [0.4, 0.5) is 0 Å². The van der Waals surface area contributed by atoms with Gasteiger partial charge in [0, 0.05) is 38.9 Å². The van der Waals surface area contributed by atoms with Crippen molar-refractivity contribution in [3.8, 4) is 0 Å². The SMILES string of the molecule is C=CC1(C)C(Cl)CC2C(C)(C)c3cccc4[nH]c5c(c34)C2(O)C1([N-]C)C1(CO1)C5(C)C. The van der Waals surface area contributed by atoms with Crippen molar-refractivity contribution in [1.29, 1.82) is 0 Å². The van der Waals surface area contributed by atoms with Crippen LogP contribution in [0.5, 0.6) is 0 Å². The van der Waals surface area contributed by atoms with Gasteiger partial charge in [0.1, 0.15) is 0 Å². The summed E-state index contributed by atoms with van der Waals surface area (Å²) in [4.78, 5) is 3.72. The van der Waals surface area contributed by atoms with E-state index in [4.69, 9.17) is 21.7 Å². The number of aromatic nitrogens is 1. The number of aliphatic hydroxyl groups is 1. The number of nitrogens with zero attached hydrogens (tertiary/aromatic N) is 1. The molecule has 3 aliphatic carbocycles. The number of rotatable bonds is 2. The zero-order valence-electron chi connectivity index (χ0n) is 19.3. The van der Waals surface area contributed by atoms with E-state index >= 15 is 0 Å². The quantitative estimate of drug-likeness (QED) is 0.380. The van der Waals surface area contributed by atoms with Gasteiger partial charge in [-0.15, -0.1) is 18.2 Å². The molecule has 6 atom stereocenters. The standard InChI is InChI=1S/C26H32ClN2O2/c1-8-23(6)17(27)12-16-21(2,3)14-10-9-11-15-18(14)19-20(29-15)22(4,5)24(13-31-24)26(23,28-7)25(16,19)30/h8-11,16-17,29-30H,1,12-13H2,2-7H3/q-1. The first-order valence-electron chi connectivity index (χ1n) is 11.3. The molecule has 5 heteroatoms. The summed E-state index contributed by atoms with van der Waals surface area (Å²) in [5, 5.41) is 19.3. The summed E-state index contributed by atoms with van der Waals surface area (Å²) in [5.74, 6) is -0.107. The van der Waals surface area contributed by atoms with Crippen molar-refractivity contribution in [2.45, 2.75) is 74.0 Å². The molecular weight excluding hydrogens is 408 g/mol. The normalized spacial score (nSPS) is 45.7. The average Bonchev–Trinajstić information content (AvgIpc) is 3.42. The highest BCUT2D eigenvalue weighted by atomic mass is 35.5. The van der Waals surface area contributed by atoms with Crippen molar-refractivity contribution in [1.82, 2.24) is 4.98 Å². The number of epoxide rings is 1. The van der Waals surface area contributed by atoms with Crippen molar-refractivity contribution in [2.75, 3.05) is 13.7 Å². The number of halogens is 1. The Morgan fingerprint density at radius 1 is 1.26 bits per heavy atom. The highest BCUT2D eigenvalue weighted by molar-refractivity contribution is 6.21. The van der Waals surface area contributed by atoms with E-state index in [0.717, 1.165) is 22.2 Å². The van der Waals surface area contributed by atoms with Gasteiger partial charge in [0.25, 0.3) is 0 Å². The number of benzene rings is 1. The van der Waals surface area contributed by atoms with Crippen LogP contribution in [0, 0.1) is 11.3 Å². The first kappa shape index (κ1) is 20.3. The Kier molecular flexibility index (Phi) is 3.44. The fraction of sp³-hybridized carbons (Fsp3) is 0.615. The van der Waals surface area contributed by atoms with Crippen molar-refractivity contribution < 1.29 is 9.84 Å². The number of ether oxygens (including phenoxy) is 1. The molecule has 6 unspecified atom stereocenters. The van der Waals surface area contributed by atoms with Crippen LogP contribution in [0.15, 0.2) is 30.9 Å². The van der Waals surface area contributed by atoms with Gasteiger partial charge in [-0.2, -0.15) is 7.05 Å². The van der Waals surface area contributed by atoms with Crippen molar-refractivity contribution in [3.05, 3.63) is 53.0 Å². The van der Waals surface area contributed by atoms with Crippen LogP contribution in [0.3, 0.4) is 0 Å². The zero-order chi connectivity index (χ0) is 22.4. The fourth-order valence-corrected chi connectivity index (χ4v) is 8.84. The molecule has 0 bridgehead atoms. The second-order valence-electron chi connectivity index (χ2n) is 11.5. The van der Waals surface area contributed by atoms with E-state index in [9.17, 15) is 5.11 Å². The third kappa shape index (κ3) is 1.64. The lowest BCUT2D eigenvalue weighted by Crippen LogP contribution is -2.82. The van der Waals surface area contributed by atoms with E-state index < -0.39 is 27.6 Å². The van der Waals surface area contributed by atoms with Gasteiger partial charge in [0.15, 0.2) is 0 Å². The molecule has 1 aromatic heterocycles. The van der Waals surface area contributed by atoms with E-state index in [2.05, 4.69) is 64.4 Å². The lowest BCUT2D eigenvalue weighted by Gasteiger charge is -2.78. The predicted octanol–water partition coefficient (Wildman–Crippen LogP) is 5.27. The lowest BCUT2D eigenvalue weighted by molar-refractivity contribution is -0.203. The summed E-state index contributed by atoms with van der Waals surface area (Å²) >= 11 is 7.24. The average molecular weight is 440 g/mol. The van der Waals surface area contributed by atoms with Crippen LogP contribution in [0.25, 0.3) is 16.2 Å². The maximum Gasteiger partial charge on any atom is 0.0929 e. The largest absolute Gasteiger partial charge is 0.654 e. The molecule has 166 valence electrons. The highest BCUT2D eigenvalue weighted by Crippen LogP contribution is 2.78. The second kappa shape index (κ2) is 5.25. The smallest absolute Gasteiger partial charge is 0.0929 e. The molecule has 1 aromatic carbocycles. The predicted molar refractivity (Wildman–Crippen MR) is 125 cm³/mol. The van der Waals surface area contributed by atoms with Crippen LogP contribution in [0.1, 0.15) is 57.9 Å². The third-order valence-electron chi connectivity index (χ3n) is 10.1. The molecule has 6 rings (SSSR count). The molecule has 4 aliphatic rings. The number of hydrogen-bond donors (Lipinski definition) is 2. The molecule has 2 fully saturated rings. The first-order chi connectivity index (χ1) is 14.4. The molecule has 0 radical (unpaired) electrons. The van der Waals surface area contributed by atoms with Gasteiger partial charge in [-0.25, -0.2) is 0 Å². The van der Waals surface area contributed by atoms with Crippen molar-refractivity contribution in [2.24, 2.45) is 11.3 Å². The van der Waals surface area contributed by atoms with E-state index in [1.165, 1.54) is 5.56 Å². The molecule has 2 heterocycles. The van der Waals surface area contributed by atoms with Gasteiger partial charge >= 0.3 is 0 Å². The number of likely N-dealkylation sites (N-methyl/N-ethyl adjacent to an activating group) is 1. The number of aromatic amines is 1. The molecule has 0 amide bonds. The summed E-state index contributed by atoms with van der Waals surface area (Å²) in [6.45, 7) is 15.8. The summed E-state index contributed by atoms with van der Waals surface area (Å²) in [7, 11) is 1.84. The molecule has 1 saturated heterocycles.